The maximum absolute atomic E-state index is 4.12. The molecule has 0 radical (unpaired) electrons. The Morgan fingerprint density at radius 1 is 1.64 bits per heavy atom. The third-order valence-electron chi connectivity index (χ3n) is 2.80. The van der Waals surface area contributed by atoms with Crippen molar-refractivity contribution in [1.29, 1.82) is 0 Å². The fourth-order valence-electron chi connectivity index (χ4n) is 2.07. The maximum Gasteiger partial charge on any atom is 0.0728 e. The molecule has 1 aromatic heterocycles. The van der Waals surface area contributed by atoms with E-state index in [2.05, 4.69) is 27.2 Å². The minimum Gasteiger partial charge on any atom is -0.316 e. The van der Waals surface area contributed by atoms with Crippen LogP contribution in [0.25, 0.3) is 0 Å². The number of aromatic nitrogens is 3. The second kappa shape index (κ2) is 4.55. The number of hydrogen-bond donors (Lipinski definition) is 1. The van der Waals surface area contributed by atoms with Gasteiger partial charge in [0.15, 0.2) is 0 Å². The van der Waals surface area contributed by atoms with Gasteiger partial charge in [0.2, 0.25) is 0 Å². The zero-order valence-corrected chi connectivity index (χ0v) is 8.74. The molecule has 0 aliphatic carbocycles. The lowest BCUT2D eigenvalue weighted by Gasteiger charge is -2.22. The number of nitrogens with zero attached hydrogens (tertiary/aromatic N) is 3. The number of rotatable bonds is 3. The van der Waals surface area contributed by atoms with Gasteiger partial charge in [-0.2, -0.15) is 0 Å². The van der Waals surface area contributed by atoms with Crippen molar-refractivity contribution in [3.63, 3.8) is 0 Å². The summed E-state index contributed by atoms with van der Waals surface area (Å²) in [7, 11) is 0. The predicted octanol–water partition coefficient (Wildman–Crippen LogP) is 1.16. The Bertz CT molecular complexity index is 275. The monoisotopic (exact) mass is 194 g/mol. The van der Waals surface area contributed by atoms with Crippen molar-refractivity contribution >= 4 is 0 Å². The molecular weight excluding hydrogens is 176 g/mol. The van der Waals surface area contributed by atoms with Crippen molar-refractivity contribution < 1.29 is 0 Å². The molecule has 1 unspecified atom stereocenters. The van der Waals surface area contributed by atoms with Gasteiger partial charge in [-0.05, 0) is 25.8 Å². The number of nitrogens with one attached hydrogen (secondary N) is 1. The Balaban J connectivity index is 2.09. The van der Waals surface area contributed by atoms with Gasteiger partial charge < -0.3 is 5.32 Å². The summed E-state index contributed by atoms with van der Waals surface area (Å²) < 4.78 is 2.05. The van der Waals surface area contributed by atoms with E-state index in [0.29, 0.717) is 5.92 Å². The molecule has 0 spiro atoms. The fourth-order valence-corrected chi connectivity index (χ4v) is 2.07. The largest absolute Gasteiger partial charge is 0.316 e. The molecule has 1 saturated heterocycles. The highest BCUT2D eigenvalue weighted by Crippen LogP contribution is 2.21. The van der Waals surface area contributed by atoms with E-state index >= 15 is 0 Å². The van der Waals surface area contributed by atoms with E-state index in [4.69, 9.17) is 0 Å². The van der Waals surface area contributed by atoms with Crippen LogP contribution in [-0.2, 0) is 6.54 Å². The zero-order chi connectivity index (χ0) is 9.80. The lowest BCUT2D eigenvalue weighted by Crippen LogP contribution is -2.29. The molecule has 1 aromatic rings. The van der Waals surface area contributed by atoms with E-state index in [1.807, 2.05) is 6.20 Å². The normalized spacial score (nSPS) is 22.5. The van der Waals surface area contributed by atoms with Crippen LogP contribution in [0.2, 0.25) is 0 Å². The molecule has 0 saturated carbocycles. The molecule has 1 aliphatic heterocycles. The third-order valence-corrected chi connectivity index (χ3v) is 2.80. The van der Waals surface area contributed by atoms with Gasteiger partial charge in [-0.3, -0.25) is 0 Å². The van der Waals surface area contributed by atoms with Crippen molar-refractivity contribution in [2.45, 2.75) is 38.6 Å². The Labute approximate surface area is 84.7 Å². The summed E-state index contributed by atoms with van der Waals surface area (Å²) >= 11 is 0. The maximum atomic E-state index is 4.12. The summed E-state index contributed by atoms with van der Waals surface area (Å²) in [6, 6.07) is 0. The van der Waals surface area contributed by atoms with E-state index in [9.17, 15) is 0 Å². The fraction of sp³-hybridized carbons (Fsp3) is 0.800. The molecule has 0 aromatic carbocycles. The highest BCUT2D eigenvalue weighted by Gasteiger charge is 2.18. The molecule has 2 heterocycles. The van der Waals surface area contributed by atoms with Crippen molar-refractivity contribution in [2.24, 2.45) is 0 Å². The van der Waals surface area contributed by atoms with Crippen LogP contribution in [0.4, 0.5) is 0 Å². The van der Waals surface area contributed by atoms with E-state index in [1.54, 1.807) is 0 Å². The van der Waals surface area contributed by atoms with Crippen molar-refractivity contribution in [3.05, 3.63) is 11.9 Å². The number of aryl methyl sites for hydroxylation is 1. The Morgan fingerprint density at radius 3 is 3.29 bits per heavy atom. The van der Waals surface area contributed by atoms with Crippen LogP contribution in [0.5, 0.6) is 0 Å². The lowest BCUT2D eigenvalue weighted by atomic mass is 9.96. The van der Waals surface area contributed by atoms with Gasteiger partial charge in [0.25, 0.3) is 0 Å². The molecule has 0 amide bonds. The predicted molar refractivity (Wildman–Crippen MR) is 55.2 cm³/mol. The molecular formula is C10H18N4. The third kappa shape index (κ3) is 1.95. The molecule has 1 fully saturated rings. The van der Waals surface area contributed by atoms with Gasteiger partial charge >= 0.3 is 0 Å². The second-order valence-electron chi connectivity index (χ2n) is 3.93. The first kappa shape index (κ1) is 9.65. The molecule has 2 rings (SSSR count). The summed E-state index contributed by atoms with van der Waals surface area (Å²) in [6.45, 7) is 5.40. The van der Waals surface area contributed by atoms with E-state index < -0.39 is 0 Å². The molecule has 1 N–H and O–H groups in total. The topological polar surface area (TPSA) is 42.7 Å². The van der Waals surface area contributed by atoms with E-state index in [0.717, 1.165) is 26.1 Å². The van der Waals surface area contributed by atoms with Crippen LogP contribution in [0.1, 0.15) is 37.8 Å². The smallest absolute Gasteiger partial charge is 0.0728 e. The lowest BCUT2D eigenvalue weighted by molar-refractivity contribution is 0.428. The van der Waals surface area contributed by atoms with Crippen LogP contribution in [0.15, 0.2) is 6.20 Å². The van der Waals surface area contributed by atoms with Gasteiger partial charge in [-0.15, -0.1) is 5.10 Å². The summed E-state index contributed by atoms with van der Waals surface area (Å²) in [5, 5.41) is 11.5. The molecule has 1 atom stereocenters. The van der Waals surface area contributed by atoms with E-state index in [1.165, 1.54) is 18.5 Å². The van der Waals surface area contributed by atoms with Crippen molar-refractivity contribution in [1.82, 2.24) is 20.3 Å². The summed E-state index contributed by atoms with van der Waals surface area (Å²) in [4.78, 5) is 0. The summed E-state index contributed by atoms with van der Waals surface area (Å²) in [6.07, 6.45) is 5.58. The first-order chi connectivity index (χ1) is 6.92. The van der Waals surface area contributed by atoms with Gasteiger partial charge in [0.05, 0.1) is 11.9 Å². The Kier molecular flexibility index (Phi) is 3.14. The molecule has 0 bridgehead atoms. The first-order valence-corrected chi connectivity index (χ1v) is 5.51. The average Bonchev–Trinajstić information content (AvgIpc) is 2.68. The molecule has 4 nitrogen and oxygen atoms in total. The standard InChI is InChI=1S/C10H18N4/c1-2-6-14-10(8-12-13-14)9-4-3-5-11-7-9/h8-9,11H,2-7H2,1H3. The summed E-state index contributed by atoms with van der Waals surface area (Å²) in [5.74, 6) is 0.616. The average molecular weight is 194 g/mol. The van der Waals surface area contributed by atoms with E-state index in [-0.39, 0.29) is 0 Å². The van der Waals surface area contributed by atoms with Crippen molar-refractivity contribution in [2.75, 3.05) is 13.1 Å². The molecule has 4 heteroatoms. The van der Waals surface area contributed by atoms with Crippen molar-refractivity contribution in [3.8, 4) is 0 Å². The molecule has 1 aliphatic rings. The molecule has 78 valence electrons. The number of hydrogen-bond acceptors (Lipinski definition) is 3. The van der Waals surface area contributed by atoms with Gasteiger partial charge in [0, 0.05) is 19.0 Å². The zero-order valence-electron chi connectivity index (χ0n) is 8.74. The summed E-state index contributed by atoms with van der Waals surface area (Å²) in [5.41, 5.74) is 1.30. The van der Waals surface area contributed by atoms with Gasteiger partial charge in [-0.1, -0.05) is 12.1 Å². The second-order valence-corrected chi connectivity index (χ2v) is 3.93. The SMILES string of the molecule is CCCn1nncc1C1CCCNC1. The quantitative estimate of drug-likeness (QED) is 0.785. The first-order valence-electron chi connectivity index (χ1n) is 5.51. The van der Waals surface area contributed by atoms with Crippen LogP contribution in [0, 0.1) is 0 Å². The van der Waals surface area contributed by atoms with Crippen LogP contribution in [-0.4, -0.2) is 28.1 Å². The van der Waals surface area contributed by atoms with Crippen LogP contribution >= 0.6 is 0 Å². The minimum atomic E-state index is 0.616. The van der Waals surface area contributed by atoms with Crippen LogP contribution < -0.4 is 5.32 Å². The minimum absolute atomic E-state index is 0.616. The number of piperidine rings is 1. The van der Waals surface area contributed by atoms with Gasteiger partial charge in [0.1, 0.15) is 0 Å². The Hall–Kier alpha value is -0.900. The highest BCUT2D eigenvalue weighted by atomic mass is 15.4. The van der Waals surface area contributed by atoms with Crippen LogP contribution in [0.3, 0.4) is 0 Å². The van der Waals surface area contributed by atoms with Gasteiger partial charge in [-0.25, -0.2) is 4.68 Å². The Morgan fingerprint density at radius 2 is 2.57 bits per heavy atom. The molecule has 14 heavy (non-hydrogen) atoms. The highest BCUT2D eigenvalue weighted by molar-refractivity contribution is 5.05.